The van der Waals surface area contributed by atoms with Crippen molar-refractivity contribution in [1.29, 1.82) is 0 Å². The van der Waals surface area contributed by atoms with Crippen LogP contribution in [0, 0.1) is 34.6 Å². The third kappa shape index (κ3) is 2.43. The highest BCUT2D eigenvalue weighted by Gasteiger charge is 2.16. The van der Waals surface area contributed by atoms with Crippen molar-refractivity contribution in [2.24, 2.45) is 0 Å². The van der Waals surface area contributed by atoms with Gasteiger partial charge in [-0.05, 0) is 69.4 Å². The summed E-state index contributed by atoms with van der Waals surface area (Å²) in [4.78, 5) is 10.9. The molecule has 2 N–H and O–H groups in total. The standard InChI is InChI=1S/C14H21NO2/c1-7-8(2)10(4)13(11(5)9(7)3)15-12(6)14(16)17/h12,15H,1-6H3,(H,16,17). The SMILES string of the molecule is Cc1c(C)c(C)c(NC(C)C(=O)O)c(C)c1C. The number of anilines is 1. The molecule has 17 heavy (non-hydrogen) atoms. The Morgan fingerprint density at radius 2 is 1.29 bits per heavy atom. The van der Waals surface area contributed by atoms with E-state index in [0.29, 0.717) is 0 Å². The van der Waals surface area contributed by atoms with Crippen molar-refractivity contribution in [2.75, 3.05) is 5.32 Å². The average molecular weight is 235 g/mol. The van der Waals surface area contributed by atoms with Crippen molar-refractivity contribution < 1.29 is 9.90 Å². The summed E-state index contributed by atoms with van der Waals surface area (Å²) in [6.07, 6.45) is 0. The van der Waals surface area contributed by atoms with Gasteiger partial charge in [0.25, 0.3) is 0 Å². The van der Waals surface area contributed by atoms with Crippen LogP contribution in [-0.2, 0) is 4.79 Å². The molecule has 0 amide bonds. The molecule has 0 fully saturated rings. The van der Waals surface area contributed by atoms with Crippen LogP contribution >= 0.6 is 0 Å². The van der Waals surface area contributed by atoms with Crippen LogP contribution in [0.25, 0.3) is 0 Å². The van der Waals surface area contributed by atoms with Crippen molar-refractivity contribution in [2.45, 2.75) is 47.6 Å². The monoisotopic (exact) mass is 235 g/mol. The Balaban J connectivity index is 3.30. The van der Waals surface area contributed by atoms with Gasteiger partial charge in [-0.2, -0.15) is 0 Å². The molecule has 0 aliphatic heterocycles. The largest absolute Gasteiger partial charge is 0.480 e. The van der Waals surface area contributed by atoms with E-state index in [4.69, 9.17) is 5.11 Å². The summed E-state index contributed by atoms with van der Waals surface area (Å²) in [5.41, 5.74) is 6.98. The molecule has 0 radical (unpaired) electrons. The second-order valence-corrected chi connectivity index (χ2v) is 4.70. The Bertz CT molecular complexity index is 435. The Kier molecular flexibility index (Phi) is 3.81. The summed E-state index contributed by atoms with van der Waals surface area (Å²) in [7, 11) is 0. The zero-order valence-corrected chi connectivity index (χ0v) is 11.4. The van der Waals surface area contributed by atoms with Crippen LogP contribution in [0.3, 0.4) is 0 Å². The second kappa shape index (κ2) is 4.78. The van der Waals surface area contributed by atoms with E-state index in [2.05, 4.69) is 26.1 Å². The van der Waals surface area contributed by atoms with Crippen LogP contribution in [0.4, 0.5) is 5.69 Å². The first kappa shape index (κ1) is 13.6. The van der Waals surface area contributed by atoms with E-state index < -0.39 is 12.0 Å². The first-order valence-electron chi connectivity index (χ1n) is 5.83. The van der Waals surface area contributed by atoms with Crippen LogP contribution in [0.2, 0.25) is 0 Å². The lowest BCUT2D eigenvalue weighted by atomic mass is 9.92. The minimum atomic E-state index is -0.834. The highest BCUT2D eigenvalue weighted by atomic mass is 16.4. The van der Waals surface area contributed by atoms with Gasteiger partial charge in [0.05, 0.1) is 0 Å². The minimum absolute atomic E-state index is 0.575. The number of carboxylic acids is 1. The molecule has 0 heterocycles. The van der Waals surface area contributed by atoms with E-state index in [1.165, 1.54) is 16.7 Å². The predicted octanol–water partition coefficient (Wildman–Crippen LogP) is 3.11. The number of rotatable bonds is 3. The number of nitrogens with one attached hydrogen (secondary N) is 1. The molecule has 3 nitrogen and oxygen atoms in total. The van der Waals surface area contributed by atoms with Gasteiger partial charge in [0, 0.05) is 5.69 Å². The van der Waals surface area contributed by atoms with Crippen molar-refractivity contribution >= 4 is 11.7 Å². The average Bonchev–Trinajstić information content (AvgIpc) is 2.29. The van der Waals surface area contributed by atoms with E-state index in [0.717, 1.165) is 16.8 Å². The number of carboxylic acid groups (broad SMARTS) is 1. The zero-order valence-electron chi connectivity index (χ0n) is 11.4. The zero-order chi connectivity index (χ0) is 13.3. The molecule has 0 aliphatic rings. The first-order valence-corrected chi connectivity index (χ1v) is 5.83. The van der Waals surface area contributed by atoms with Crippen molar-refractivity contribution in [1.82, 2.24) is 0 Å². The van der Waals surface area contributed by atoms with Crippen molar-refractivity contribution in [3.8, 4) is 0 Å². The number of benzene rings is 1. The van der Waals surface area contributed by atoms with Gasteiger partial charge in [-0.1, -0.05) is 0 Å². The third-order valence-electron chi connectivity index (χ3n) is 3.73. The molecule has 0 aliphatic carbocycles. The molecule has 0 bridgehead atoms. The molecular weight excluding hydrogens is 214 g/mol. The molecule has 0 spiro atoms. The van der Waals surface area contributed by atoms with E-state index in [1.807, 2.05) is 13.8 Å². The van der Waals surface area contributed by atoms with Gasteiger partial charge >= 0.3 is 5.97 Å². The molecule has 1 rings (SSSR count). The normalized spacial score (nSPS) is 12.4. The van der Waals surface area contributed by atoms with Gasteiger partial charge in [-0.25, -0.2) is 0 Å². The number of hydrogen-bond acceptors (Lipinski definition) is 2. The minimum Gasteiger partial charge on any atom is -0.480 e. The molecule has 94 valence electrons. The maximum Gasteiger partial charge on any atom is 0.325 e. The fraction of sp³-hybridized carbons (Fsp3) is 0.500. The molecule has 1 aromatic carbocycles. The second-order valence-electron chi connectivity index (χ2n) is 4.70. The van der Waals surface area contributed by atoms with E-state index in [-0.39, 0.29) is 0 Å². The molecular formula is C14H21NO2. The summed E-state index contributed by atoms with van der Waals surface area (Å²) in [6.45, 7) is 12.0. The summed E-state index contributed by atoms with van der Waals surface area (Å²) in [5.74, 6) is -0.834. The van der Waals surface area contributed by atoms with Gasteiger partial charge < -0.3 is 10.4 Å². The quantitative estimate of drug-likeness (QED) is 0.846. The molecule has 0 saturated heterocycles. The molecule has 0 saturated carbocycles. The first-order chi connectivity index (χ1) is 7.77. The van der Waals surface area contributed by atoms with Crippen LogP contribution in [0.1, 0.15) is 34.7 Å². The van der Waals surface area contributed by atoms with Crippen molar-refractivity contribution in [3.05, 3.63) is 27.8 Å². The molecule has 0 aromatic heterocycles. The smallest absolute Gasteiger partial charge is 0.325 e. The van der Waals surface area contributed by atoms with Gasteiger partial charge in [-0.15, -0.1) is 0 Å². The Morgan fingerprint density at radius 1 is 0.941 bits per heavy atom. The predicted molar refractivity (Wildman–Crippen MR) is 70.8 cm³/mol. The Morgan fingerprint density at radius 3 is 1.65 bits per heavy atom. The highest BCUT2D eigenvalue weighted by Crippen LogP contribution is 2.30. The summed E-state index contributed by atoms with van der Waals surface area (Å²) < 4.78 is 0. The summed E-state index contributed by atoms with van der Waals surface area (Å²) >= 11 is 0. The van der Waals surface area contributed by atoms with Crippen LogP contribution in [0.5, 0.6) is 0 Å². The molecule has 1 unspecified atom stereocenters. The van der Waals surface area contributed by atoms with E-state index in [9.17, 15) is 4.79 Å². The Hall–Kier alpha value is -1.51. The van der Waals surface area contributed by atoms with Crippen LogP contribution in [0.15, 0.2) is 0 Å². The van der Waals surface area contributed by atoms with Gasteiger partial charge in [-0.3, -0.25) is 4.79 Å². The summed E-state index contributed by atoms with van der Waals surface area (Å²) in [6, 6.07) is -0.575. The molecule has 1 atom stereocenters. The maximum absolute atomic E-state index is 10.9. The number of carbonyl (C=O) groups is 1. The topological polar surface area (TPSA) is 49.3 Å². The van der Waals surface area contributed by atoms with E-state index in [1.54, 1.807) is 6.92 Å². The van der Waals surface area contributed by atoms with Crippen LogP contribution in [-0.4, -0.2) is 17.1 Å². The number of aliphatic carboxylic acids is 1. The van der Waals surface area contributed by atoms with Gasteiger partial charge in [0.15, 0.2) is 0 Å². The summed E-state index contributed by atoms with van der Waals surface area (Å²) in [5, 5.41) is 12.0. The Labute approximate surface area is 103 Å². The fourth-order valence-corrected chi connectivity index (χ4v) is 1.99. The van der Waals surface area contributed by atoms with E-state index >= 15 is 0 Å². The molecule has 3 heteroatoms. The fourth-order valence-electron chi connectivity index (χ4n) is 1.99. The van der Waals surface area contributed by atoms with Crippen LogP contribution < -0.4 is 5.32 Å². The highest BCUT2D eigenvalue weighted by molar-refractivity contribution is 5.78. The maximum atomic E-state index is 10.9. The lowest BCUT2D eigenvalue weighted by molar-refractivity contribution is -0.137. The van der Waals surface area contributed by atoms with Gasteiger partial charge in [0.1, 0.15) is 6.04 Å². The van der Waals surface area contributed by atoms with Gasteiger partial charge in [0.2, 0.25) is 0 Å². The van der Waals surface area contributed by atoms with Crippen molar-refractivity contribution in [3.63, 3.8) is 0 Å². The molecule has 1 aromatic rings. The third-order valence-corrected chi connectivity index (χ3v) is 3.73. The lowest BCUT2D eigenvalue weighted by Gasteiger charge is -2.21. The lowest BCUT2D eigenvalue weighted by Crippen LogP contribution is -2.26. The number of hydrogen-bond donors (Lipinski definition) is 2.